The van der Waals surface area contributed by atoms with Crippen molar-refractivity contribution in [1.29, 1.82) is 0 Å². The molecule has 4 rings (SSSR count). The number of aliphatic carboxylic acids is 2. The van der Waals surface area contributed by atoms with Crippen LogP contribution in [0.25, 0.3) is 11.5 Å². The van der Waals surface area contributed by atoms with Gasteiger partial charge in [-0.05, 0) is 13.8 Å². The maximum Gasteiger partial charge on any atom is 0.335 e. The van der Waals surface area contributed by atoms with Crippen molar-refractivity contribution in [2.45, 2.75) is 143 Å². The number of nitrogens with one attached hydrogen (secondary N) is 2. The molecule has 13 N–H and O–H groups in total. The van der Waals surface area contributed by atoms with E-state index in [1.54, 1.807) is 0 Å². The van der Waals surface area contributed by atoms with Crippen molar-refractivity contribution >= 4 is 11.9 Å². The van der Waals surface area contributed by atoms with Crippen LogP contribution < -0.4 is 0 Å². The Balaban J connectivity index is 0.00000468. The third-order valence-corrected chi connectivity index (χ3v) is 8.61. The average Bonchev–Trinajstić information content (AvgIpc) is 3.05. The predicted molar refractivity (Wildman–Crippen MR) is 153 cm³/mol. The molecule has 4 aliphatic rings. The van der Waals surface area contributed by atoms with Gasteiger partial charge in [-0.2, -0.15) is 0 Å². The second-order valence-corrected chi connectivity index (χ2v) is 12.4. The molecular formula is C27H44Ac2N2O21-2. The summed E-state index contributed by atoms with van der Waals surface area (Å²) in [6, 6.07) is -3.69. The van der Waals surface area contributed by atoms with Crippen molar-refractivity contribution < 1.29 is 192 Å². The maximum atomic E-state index is 12.3. The molecule has 0 saturated carbocycles. The van der Waals surface area contributed by atoms with Gasteiger partial charge in [0.2, 0.25) is 0 Å². The van der Waals surface area contributed by atoms with E-state index in [0.29, 0.717) is 0 Å². The average molecular weight is 1190 g/mol. The monoisotopic (exact) mass is 1190 g/mol. The Labute approximate surface area is 367 Å². The van der Waals surface area contributed by atoms with Crippen molar-refractivity contribution in [3.05, 3.63) is 11.5 Å². The second-order valence-electron chi connectivity index (χ2n) is 12.4. The van der Waals surface area contributed by atoms with Gasteiger partial charge in [0.25, 0.3) is 0 Å². The van der Waals surface area contributed by atoms with Gasteiger partial charge in [0.05, 0.1) is 31.5 Å². The van der Waals surface area contributed by atoms with Crippen molar-refractivity contribution in [2.24, 2.45) is 0 Å². The van der Waals surface area contributed by atoms with Gasteiger partial charge in [-0.1, -0.05) is 12.1 Å². The van der Waals surface area contributed by atoms with Gasteiger partial charge in [0, 0.05) is 88.1 Å². The number of aliphatic hydroxyl groups is 9. The molecule has 0 bridgehead atoms. The van der Waals surface area contributed by atoms with Gasteiger partial charge in [-0.15, -0.1) is 0 Å². The van der Waals surface area contributed by atoms with E-state index >= 15 is 0 Å². The zero-order valence-corrected chi connectivity index (χ0v) is 37.2. The molecule has 0 amide bonds. The number of carboxylic acids is 2. The molecule has 25 heteroatoms. The van der Waals surface area contributed by atoms with E-state index in [9.17, 15) is 65.8 Å². The topological polar surface area (TPSA) is 378 Å². The summed E-state index contributed by atoms with van der Waals surface area (Å²) in [5.74, 6) is -3.42. The number of rotatable bonds is 12. The quantitative estimate of drug-likeness (QED) is 0.0866. The number of hydrogen-bond donors (Lipinski definition) is 11. The normalized spacial score (nSPS) is 46.9. The maximum absolute atomic E-state index is 12.3. The van der Waals surface area contributed by atoms with E-state index in [-0.39, 0.29) is 88.1 Å². The third kappa shape index (κ3) is 10.8. The molecular weight excluding hydrogens is 1140 g/mol. The molecule has 23 nitrogen and oxygen atoms in total. The predicted octanol–water partition coefficient (Wildman–Crippen LogP) is -6.01. The minimum atomic E-state index is -2.22. The van der Waals surface area contributed by atoms with Crippen LogP contribution >= 0.6 is 0 Å². The third-order valence-electron chi connectivity index (χ3n) is 8.61. The van der Waals surface area contributed by atoms with Crippen LogP contribution in [0.3, 0.4) is 0 Å². The fourth-order valence-electron chi connectivity index (χ4n) is 5.97. The van der Waals surface area contributed by atoms with Gasteiger partial charge in [-0.25, -0.2) is 9.59 Å². The summed E-state index contributed by atoms with van der Waals surface area (Å²) < 4.78 is 42.9. The van der Waals surface area contributed by atoms with Crippen molar-refractivity contribution in [3.8, 4) is 0 Å². The molecule has 296 valence electrons. The van der Waals surface area contributed by atoms with Crippen LogP contribution in [0.4, 0.5) is 0 Å². The standard InChI is InChI=1S/C27H44N2O21.2Ac/c1-5(2)43-18-12(34)14(36)27(49-20(18)22(38)39)47-17-9(29)25(45-7(4-31)11(17)33)48-19-13(35)15(37)26(50-21(19)23(40)41)46-16-8(28)24(42)44-6(3-30)10(16)32;;/h5-21,24-37,42H,3-4H2,1-2H3,(H,38,39)(H,40,41);;/q-2;;. The second kappa shape index (κ2) is 21.2. The molecule has 0 aromatic rings. The van der Waals surface area contributed by atoms with E-state index in [4.69, 9.17) is 49.4 Å². The number of aliphatic hydroxyl groups excluding tert-OH is 9. The van der Waals surface area contributed by atoms with E-state index < -0.39 is 154 Å². The van der Waals surface area contributed by atoms with Gasteiger partial charge in [-0.3, -0.25) is 0 Å². The molecule has 4 fully saturated rings. The van der Waals surface area contributed by atoms with Crippen LogP contribution in [0.5, 0.6) is 0 Å². The molecule has 0 aliphatic carbocycles. The van der Waals surface area contributed by atoms with Gasteiger partial charge >= 0.3 is 11.9 Å². The van der Waals surface area contributed by atoms with E-state index in [1.165, 1.54) is 13.8 Å². The van der Waals surface area contributed by atoms with Gasteiger partial charge in [0.15, 0.2) is 24.8 Å². The molecule has 52 heavy (non-hydrogen) atoms. The summed E-state index contributed by atoms with van der Waals surface area (Å²) >= 11 is 0. The van der Waals surface area contributed by atoms with Crippen LogP contribution in [-0.2, 0) is 47.5 Å². The molecule has 20 atom stereocenters. The fourth-order valence-corrected chi connectivity index (χ4v) is 5.97. The Morgan fingerprint density at radius 2 is 0.981 bits per heavy atom. The Hall–Kier alpha value is 1.06. The molecule has 0 aromatic carbocycles. The molecule has 4 saturated heterocycles. The summed E-state index contributed by atoms with van der Waals surface area (Å²) in [5, 5.41) is 113. The molecule has 4 heterocycles. The Bertz CT molecular complexity index is 1150. The number of carbonyl (C=O) groups is 2. The fraction of sp³-hybridized carbons (Fsp3) is 0.926. The zero-order chi connectivity index (χ0) is 37.4. The minimum Gasteiger partial charge on any atom is -0.668 e. The van der Waals surface area contributed by atoms with Crippen LogP contribution in [0.2, 0.25) is 0 Å². The zero-order valence-electron chi connectivity index (χ0n) is 27.7. The molecule has 20 unspecified atom stereocenters. The molecule has 2 radical (unpaired) electrons. The van der Waals surface area contributed by atoms with Crippen LogP contribution in [0.1, 0.15) is 13.8 Å². The van der Waals surface area contributed by atoms with Crippen LogP contribution in [0.15, 0.2) is 0 Å². The number of carboxylic acid groups (broad SMARTS) is 2. The Morgan fingerprint density at radius 1 is 0.577 bits per heavy atom. The van der Waals surface area contributed by atoms with E-state index in [2.05, 4.69) is 0 Å². The van der Waals surface area contributed by atoms with Crippen molar-refractivity contribution in [2.75, 3.05) is 13.2 Å². The smallest absolute Gasteiger partial charge is 0.335 e. The Kier molecular flexibility index (Phi) is 20.0. The summed E-state index contributed by atoms with van der Waals surface area (Å²) in [4.78, 5) is 24.2. The largest absolute Gasteiger partial charge is 0.668 e. The summed E-state index contributed by atoms with van der Waals surface area (Å²) in [6.45, 7) is 1.30. The van der Waals surface area contributed by atoms with Gasteiger partial charge < -0.3 is 106 Å². The summed E-state index contributed by atoms with van der Waals surface area (Å²) in [7, 11) is 0. The number of ether oxygens (including phenoxy) is 8. The van der Waals surface area contributed by atoms with Crippen molar-refractivity contribution in [1.82, 2.24) is 0 Å². The Morgan fingerprint density at radius 3 is 1.42 bits per heavy atom. The molecule has 0 spiro atoms. The van der Waals surface area contributed by atoms with Crippen LogP contribution in [0, 0.1) is 88.1 Å². The first kappa shape index (κ1) is 49.2. The first-order chi connectivity index (χ1) is 23.4. The van der Waals surface area contributed by atoms with Gasteiger partial charge in [0.1, 0.15) is 73.6 Å². The first-order valence-corrected chi connectivity index (χ1v) is 15.5. The number of hydrogen-bond acceptors (Lipinski definition) is 19. The van der Waals surface area contributed by atoms with E-state index in [1.807, 2.05) is 0 Å². The van der Waals surface area contributed by atoms with Crippen LogP contribution in [-0.4, -0.2) is 210 Å². The summed E-state index contributed by atoms with van der Waals surface area (Å²) in [5.41, 5.74) is 16.7. The molecule has 0 aromatic heterocycles. The minimum absolute atomic E-state index is 0. The SMILES string of the molecule is CC(C)OC1C(C(=O)O)OC(OC2C([NH-])C(OC3C(C(=O)O)OC(OC4C([NH-])C(O)OC(CO)C4O)C(O)C3O)OC(CO)C2O)C(O)C1O.[Ac].[Ac]. The molecule has 4 aliphatic heterocycles. The first-order valence-electron chi connectivity index (χ1n) is 15.5. The van der Waals surface area contributed by atoms with Crippen molar-refractivity contribution in [3.63, 3.8) is 0 Å². The summed E-state index contributed by atoms with van der Waals surface area (Å²) in [6.07, 6.45) is -35.0. The van der Waals surface area contributed by atoms with E-state index in [0.717, 1.165) is 0 Å².